The molecule has 0 saturated heterocycles. The first-order valence-electron chi connectivity index (χ1n) is 9.48. The van der Waals surface area contributed by atoms with E-state index in [0.717, 1.165) is 12.2 Å². The minimum atomic E-state index is -1.15. The molecule has 180 valence electrons. The summed E-state index contributed by atoms with van der Waals surface area (Å²) in [5.74, 6) is -3.04. The Morgan fingerprint density at radius 1 is 0.750 bits per heavy atom. The molecule has 0 heterocycles. The molecule has 0 aliphatic heterocycles. The fourth-order valence-corrected chi connectivity index (χ4v) is 2.25. The van der Waals surface area contributed by atoms with Gasteiger partial charge in [0, 0.05) is 19.6 Å². The van der Waals surface area contributed by atoms with E-state index in [2.05, 4.69) is 39.3 Å². The van der Waals surface area contributed by atoms with Crippen molar-refractivity contribution in [1.82, 2.24) is 31.1 Å². The van der Waals surface area contributed by atoms with Crippen LogP contribution in [0.5, 0.6) is 0 Å². The molecular formula is C18H30N6O8. The van der Waals surface area contributed by atoms with Gasteiger partial charge in [-0.25, -0.2) is 4.89 Å². The van der Waals surface area contributed by atoms with Crippen LogP contribution in [0.25, 0.3) is 0 Å². The molecule has 0 aromatic carbocycles. The van der Waals surface area contributed by atoms with E-state index in [4.69, 9.17) is 10.4 Å². The number of hydrogen-bond donors (Lipinski definition) is 6. The van der Waals surface area contributed by atoms with Gasteiger partial charge in [0.1, 0.15) is 0 Å². The lowest BCUT2D eigenvalue weighted by Gasteiger charge is -2.26. The highest BCUT2D eigenvalue weighted by molar-refractivity contribution is 5.87. The summed E-state index contributed by atoms with van der Waals surface area (Å²) in [6.07, 6.45) is 2.09. The number of hydrogen-bond acceptors (Lipinski definition) is 9. The van der Waals surface area contributed by atoms with Crippen molar-refractivity contribution in [2.24, 2.45) is 0 Å². The number of carbonyl (C=O) groups is 5. The Labute approximate surface area is 185 Å². The summed E-state index contributed by atoms with van der Waals surface area (Å²) in [4.78, 5) is 64.2. The SMILES string of the molecule is C=CC(=O)NCNC(=O)CN(CCOO)CCN(CC(=O)O)CC(=O)NCNC(=O)C=C. The Morgan fingerprint density at radius 3 is 1.66 bits per heavy atom. The van der Waals surface area contributed by atoms with Gasteiger partial charge in [-0.05, 0) is 12.2 Å². The molecular weight excluding hydrogens is 428 g/mol. The summed E-state index contributed by atoms with van der Waals surface area (Å²) < 4.78 is 0. The largest absolute Gasteiger partial charge is 0.480 e. The first kappa shape index (κ1) is 28.7. The van der Waals surface area contributed by atoms with Crippen LogP contribution in [-0.2, 0) is 28.9 Å². The van der Waals surface area contributed by atoms with Crippen LogP contribution in [-0.4, -0.2) is 109 Å². The van der Waals surface area contributed by atoms with Crippen molar-refractivity contribution in [3.8, 4) is 0 Å². The van der Waals surface area contributed by atoms with Crippen LogP contribution in [0.15, 0.2) is 25.3 Å². The van der Waals surface area contributed by atoms with Crippen molar-refractivity contribution in [3.05, 3.63) is 25.3 Å². The number of nitrogens with zero attached hydrogens (tertiary/aromatic N) is 2. The van der Waals surface area contributed by atoms with E-state index in [0.29, 0.717) is 0 Å². The number of carboxylic acids is 1. The quantitative estimate of drug-likeness (QED) is 0.0531. The molecule has 0 atom stereocenters. The molecule has 0 aromatic heterocycles. The van der Waals surface area contributed by atoms with E-state index >= 15 is 0 Å². The zero-order chi connectivity index (χ0) is 24.4. The van der Waals surface area contributed by atoms with Gasteiger partial charge in [-0.2, -0.15) is 0 Å². The third-order valence-electron chi connectivity index (χ3n) is 3.79. The van der Waals surface area contributed by atoms with Crippen LogP contribution in [0, 0.1) is 0 Å². The van der Waals surface area contributed by atoms with Crippen LogP contribution in [0.1, 0.15) is 0 Å². The van der Waals surface area contributed by atoms with Gasteiger partial charge in [0.25, 0.3) is 0 Å². The summed E-state index contributed by atoms with van der Waals surface area (Å²) in [7, 11) is 0. The van der Waals surface area contributed by atoms with Crippen molar-refractivity contribution in [1.29, 1.82) is 0 Å². The van der Waals surface area contributed by atoms with Gasteiger partial charge in [0.2, 0.25) is 23.6 Å². The summed E-state index contributed by atoms with van der Waals surface area (Å²) in [6.45, 7) is 5.78. The number of carboxylic acid groups (broad SMARTS) is 1. The van der Waals surface area contributed by atoms with E-state index in [1.165, 1.54) is 4.90 Å². The second-order valence-corrected chi connectivity index (χ2v) is 6.26. The molecule has 32 heavy (non-hydrogen) atoms. The van der Waals surface area contributed by atoms with E-state index in [1.54, 1.807) is 4.90 Å². The highest BCUT2D eigenvalue weighted by Gasteiger charge is 2.17. The number of aliphatic carboxylic acids is 1. The van der Waals surface area contributed by atoms with Gasteiger partial charge in [-0.15, -0.1) is 0 Å². The molecule has 0 unspecified atom stereocenters. The highest BCUT2D eigenvalue weighted by atomic mass is 17.1. The molecule has 0 aromatic rings. The van der Waals surface area contributed by atoms with Crippen LogP contribution < -0.4 is 21.3 Å². The van der Waals surface area contributed by atoms with Crippen molar-refractivity contribution >= 4 is 29.6 Å². The zero-order valence-corrected chi connectivity index (χ0v) is 17.7. The van der Waals surface area contributed by atoms with Crippen molar-refractivity contribution in [2.45, 2.75) is 0 Å². The third kappa shape index (κ3) is 15.5. The average molecular weight is 458 g/mol. The normalized spacial score (nSPS) is 10.3. The lowest BCUT2D eigenvalue weighted by atomic mass is 10.3. The summed E-state index contributed by atoms with van der Waals surface area (Å²) in [6, 6.07) is 0. The lowest BCUT2D eigenvalue weighted by molar-refractivity contribution is -0.243. The molecule has 0 aliphatic rings. The van der Waals surface area contributed by atoms with Crippen molar-refractivity contribution < 1.29 is 39.2 Å². The molecule has 0 bridgehead atoms. The fraction of sp³-hybridized carbons (Fsp3) is 0.500. The Kier molecular flexibility index (Phi) is 15.6. The molecule has 0 radical (unpaired) electrons. The van der Waals surface area contributed by atoms with Crippen LogP contribution in [0.4, 0.5) is 0 Å². The van der Waals surface area contributed by atoms with Crippen LogP contribution in [0.2, 0.25) is 0 Å². The third-order valence-corrected chi connectivity index (χ3v) is 3.79. The van der Waals surface area contributed by atoms with Crippen molar-refractivity contribution in [2.75, 3.05) is 59.2 Å². The smallest absolute Gasteiger partial charge is 0.317 e. The standard InChI is InChI=1S/C18H30N6O8/c1-3-14(25)19-12-21-16(27)9-23(7-8-32-31)5-6-24(11-18(29)30)10-17(28)22-13-20-15(26)4-2/h3-4,31H,1-2,5-13H2,(H,19,25)(H,20,26)(H,21,27)(H,22,28)(H,29,30). The summed E-state index contributed by atoms with van der Waals surface area (Å²) >= 11 is 0. The summed E-state index contributed by atoms with van der Waals surface area (Å²) in [5.41, 5.74) is 0. The Bertz CT molecular complexity index is 672. The number of rotatable bonds is 18. The van der Waals surface area contributed by atoms with E-state index in [1.807, 2.05) is 0 Å². The molecule has 0 spiro atoms. The monoisotopic (exact) mass is 458 g/mol. The molecule has 0 rings (SSSR count). The highest BCUT2D eigenvalue weighted by Crippen LogP contribution is 1.95. The maximum atomic E-state index is 12.0. The Balaban J connectivity index is 4.71. The van der Waals surface area contributed by atoms with E-state index < -0.39 is 36.1 Å². The molecule has 14 heteroatoms. The molecule has 0 fully saturated rings. The Morgan fingerprint density at radius 2 is 1.22 bits per heavy atom. The maximum Gasteiger partial charge on any atom is 0.317 e. The summed E-state index contributed by atoms with van der Waals surface area (Å²) in [5, 5.41) is 27.3. The van der Waals surface area contributed by atoms with Gasteiger partial charge in [-0.3, -0.25) is 39.0 Å². The second kappa shape index (κ2) is 17.4. The topological polar surface area (TPSA) is 190 Å². The second-order valence-electron chi connectivity index (χ2n) is 6.26. The van der Waals surface area contributed by atoms with Crippen molar-refractivity contribution in [3.63, 3.8) is 0 Å². The van der Waals surface area contributed by atoms with Gasteiger partial charge >= 0.3 is 5.97 Å². The van der Waals surface area contributed by atoms with Gasteiger partial charge in [-0.1, -0.05) is 13.2 Å². The van der Waals surface area contributed by atoms with Gasteiger partial charge in [0.05, 0.1) is 39.6 Å². The zero-order valence-electron chi connectivity index (χ0n) is 17.7. The molecule has 4 amide bonds. The first-order chi connectivity index (χ1) is 15.2. The molecule has 0 aliphatic carbocycles. The number of carbonyl (C=O) groups excluding carboxylic acids is 4. The van der Waals surface area contributed by atoms with Gasteiger partial charge < -0.3 is 26.4 Å². The Hall–Kier alpha value is -3.33. The molecule has 0 saturated carbocycles. The first-order valence-corrected chi connectivity index (χ1v) is 9.48. The van der Waals surface area contributed by atoms with Gasteiger partial charge in [0.15, 0.2) is 0 Å². The van der Waals surface area contributed by atoms with E-state index in [9.17, 15) is 24.0 Å². The minimum Gasteiger partial charge on any atom is -0.480 e. The minimum absolute atomic E-state index is 0.102. The molecule has 14 nitrogen and oxygen atoms in total. The predicted octanol–water partition coefficient (Wildman–Crippen LogP) is -3.08. The molecule has 6 N–H and O–H groups in total. The predicted molar refractivity (Wildman–Crippen MR) is 112 cm³/mol. The van der Waals surface area contributed by atoms with Crippen LogP contribution in [0.3, 0.4) is 0 Å². The fourth-order valence-electron chi connectivity index (χ4n) is 2.25. The average Bonchev–Trinajstić information content (AvgIpc) is 2.74. The number of nitrogens with one attached hydrogen (secondary N) is 4. The van der Waals surface area contributed by atoms with Crippen LogP contribution >= 0.6 is 0 Å². The number of amides is 4. The lowest BCUT2D eigenvalue weighted by Crippen LogP contribution is -2.48. The van der Waals surface area contributed by atoms with E-state index in [-0.39, 0.29) is 52.7 Å². The maximum absolute atomic E-state index is 12.0.